The van der Waals surface area contributed by atoms with Crippen molar-refractivity contribution in [3.05, 3.63) is 36.5 Å². The second kappa shape index (κ2) is 6.53. The lowest BCUT2D eigenvalue weighted by molar-refractivity contribution is -0.133. The topological polar surface area (TPSA) is 103 Å². The lowest BCUT2D eigenvalue weighted by Crippen LogP contribution is -2.55. The van der Waals surface area contributed by atoms with Gasteiger partial charge < -0.3 is 0 Å². The first-order valence-corrected chi connectivity index (χ1v) is 8.13. The molecular weight excluding hydrogens is 326 g/mol. The highest BCUT2D eigenvalue weighted by Crippen LogP contribution is 2.36. The lowest BCUT2D eigenvalue weighted by atomic mass is 10.1. The van der Waals surface area contributed by atoms with Gasteiger partial charge in [-0.25, -0.2) is 14.0 Å². The molecule has 0 aliphatic rings. The van der Waals surface area contributed by atoms with E-state index < -0.39 is 22.7 Å². The fourth-order valence-electron chi connectivity index (χ4n) is 1.86. The molecule has 0 spiro atoms. The smallest absolute Gasteiger partial charge is 0.269 e. The number of hydrogen-bond donors (Lipinski definition) is 3. The minimum absolute atomic E-state index is 0.412. The van der Waals surface area contributed by atoms with E-state index in [2.05, 4.69) is 4.98 Å². The standard InChI is InChI=1S/C13H15N3O4S2/c1-13(2,12(17)15-18)16(22(19)20)11-7-6-10(21-11)9-5-3-4-8-14-9/h3-8,18H,1-2H3,(H,15,17)(H,19,20). The summed E-state index contributed by atoms with van der Waals surface area (Å²) in [5.41, 5.74) is 0.827. The van der Waals surface area contributed by atoms with Crippen LogP contribution in [0.3, 0.4) is 0 Å². The fraction of sp³-hybridized carbons (Fsp3) is 0.231. The van der Waals surface area contributed by atoms with E-state index in [1.165, 1.54) is 30.7 Å². The Kier molecular flexibility index (Phi) is 4.91. The van der Waals surface area contributed by atoms with E-state index in [4.69, 9.17) is 5.21 Å². The molecule has 1 amide bonds. The Morgan fingerprint density at radius 3 is 2.64 bits per heavy atom. The van der Waals surface area contributed by atoms with Crippen molar-refractivity contribution < 1.29 is 18.8 Å². The van der Waals surface area contributed by atoms with Crippen LogP contribution in [0.2, 0.25) is 0 Å². The van der Waals surface area contributed by atoms with Gasteiger partial charge in [-0.05, 0) is 38.1 Å². The summed E-state index contributed by atoms with van der Waals surface area (Å²) in [5, 5.41) is 9.23. The number of carbonyl (C=O) groups excluding carboxylic acids is 1. The van der Waals surface area contributed by atoms with Crippen molar-refractivity contribution in [3.8, 4) is 10.6 Å². The number of aromatic nitrogens is 1. The van der Waals surface area contributed by atoms with Gasteiger partial charge in [0, 0.05) is 6.20 Å². The Morgan fingerprint density at radius 1 is 1.36 bits per heavy atom. The molecule has 2 heterocycles. The van der Waals surface area contributed by atoms with Crippen molar-refractivity contribution in [1.29, 1.82) is 0 Å². The van der Waals surface area contributed by atoms with Crippen molar-refractivity contribution in [2.24, 2.45) is 0 Å². The first kappa shape index (κ1) is 16.6. The van der Waals surface area contributed by atoms with Gasteiger partial charge >= 0.3 is 0 Å². The predicted octanol–water partition coefficient (Wildman–Crippen LogP) is 2.04. The summed E-state index contributed by atoms with van der Waals surface area (Å²) in [7, 11) is 0. The van der Waals surface area contributed by atoms with E-state index in [9.17, 15) is 13.6 Å². The number of rotatable bonds is 5. The van der Waals surface area contributed by atoms with Crippen molar-refractivity contribution in [2.45, 2.75) is 19.4 Å². The number of anilines is 1. The van der Waals surface area contributed by atoms with Crippen LogP contribution in [0.1, 0.15) is 13.8 Å². The molecule has 0 aromatic carbocycles. The van der Waals surface area contributed by atoms with E-state index in [0.717, 1.165) is 14.9 Å². The molecule has 0 saturated heterocycles. The summed E-state index contributed by atoms with van der Waals surface area (Å²) in [6, 6.07) is 8.85. The lowest BCUT2D eigenvalue weighted by Gasteiger charge is -2.33. The van der Waals surface area contributed by atoms with Gasteiger partial charge in [0.05, 0.1) is 10.6 Å². The molecule has 0 saturated carbocycles. The Morgan fingerprint density at radius 2 is 2.09 bits per heavy atom. The maximum Gasteiger partial charge on any atom is 0.269 e. The van der Waals surface area contributed by atoms with Crippen LogP contribution in [0.25, 0.3) is 10.6 Å². The van der Waals surface area contributed by atoms with E-state index >= 15 is 0 Å². The first-order chi connectivity index (χ1) is 10.4. The zero-order chi connectivity index (χ0) is 16.3. The highest BCUT2D eigenvalue weighted by Gasteiger charge is 2.39. The van der Waals surface area contributed by atoms with Gasteiger partial charge in [0.15, 0.2) is 0 Å². The summed E-state index contributed by atoms with van der Waals surface area (Å²) >= 11 is -1.21. The van der Waals surface area contributed by atoms with Crippen LogP contribution in [0.15, 0.2) is 36.5 Å². The van der Waals surface area contributed by atoms with Crippen LogP contribution < -0.4 is 9.79 Å². The molecule has 2 rings (SSSR count). The number of pyridine rings is 1. The van der Waals surface area contributed by atoms with Gasteiger partial charge in [0.1, 0.15) is 10.5 Å². The fourth-order valence-corrected chi connectivity index (χ4v) is 3.88. The number of nitrogens with one attached hydrogen (secondary N) is 1. The van der Waals surface area contributed by atoms with Crippen LogP contribution in [-0.2, 0) is 16.1 Å². The number of nitrogens with zero attached hydrogens (tertiary/aromatic N) is 2. The molecule has 2 aromatic rings. The molecule has 118 valence electrons. The van der Waals surface area contributed by atoms with Gasteiger partial charge in [0.25, 0.3) is 17.2 Å². The average molecular weight is 341 g/mol. The third-order valence-electron chi connectivity index (χ3n) is 3.03. The van der Waals surface area contributed by atoms with Crippen LogP contribution >= 0.6 is 11.3 Å². The molecule has 22 heavy (non-hydrogen) atoms. The van der Waals surface area contributed by atoms with Gasteiger partial charge in [-0.15, -0.1) is 11.3 Å². The third-order valence-corrected chi connectivity index (χ3v) is 5.20. The Labute approximate surface area is 134 Å². The van der Waals surface area contributed by atoms with E-state index in [0.29, 0.717) is 5.00 Å². The molecule has 0 aliphatic carbocycles. The number of carbonyl (C=O) groups is 1. The largest absolute Gasteiger partial charge is 0.289 e. The van der Waals surface area contributed by atoms with Gasteiger partial charge in [-0.3, -0.25) is 19.5 Å². The zero-order valence-electron chi connectivity index (χ0n) is 11.9. The van der Waals surface area contributed by atoms with E-state index in [1.807, 2.05) is 12.1 Å². The van der Waals surface area contributed by atoms with Gasteiger partial charge in [0.2, 0.25) is 0 Å². The molecule has 7 nitrogen and oxygen atoms in total. The zero-order valence-corrected chi connectivity index (χ0v) is 13.5. The van der Waals surface area contributed by atoms with E-state index in [-0.39, 0.29) is 0 Å². The second-order valence-electron chi connectivity index (χ2n) is 4.88. The second-order valence-corrected chi connectivity index (χ2v) is 6.77. The number of amides is 1. The highest BCUT2D eigenvalue weighted by molar-refractivity contribution is 7.81. The molecule has 0 radical (unpaired) electrons. The maximum absolute atomic E-state index is 11.8. The molecule has 0 bridgehead atoms. The number of thiophene rings is 1. The maximum atomic E-state index is 11.8. The van der Waals surface area contributed by atoms with Crippen molar-refractivity contribution in [1.82, 2.24) is 10.5 Å². The first-order valence-electron chi connectivity index (χ1n) is 6.25. The molecule has 2 aromatic heterocycles. The van der Waals surface area contributed by atoms with Crippen LogP contribution in [0, 0.1) is 0 Å². The highest BCUT2D eigenvalue weighted by atomic mass is 32.2. The summed E-state index contributed by atoms with van der Waals surface area (Å²) in [4.78, 5) is 16.8. The predicted molar refractivity (Wildman–Crippen MR) is 84.8 cm³/mol. The van der Waals surface area contributed by atoms with Gasteiger partial charge in [-0.1, -0.05) is 6.07 Å². The Balaban J connectivity index is 2.41. The average Bonchev–Trinajstić information content (AvgIpc) is 2.95. The molecular formula is C13H15N3O4S2. The van der Waals surface area contributed by atoms with E-state index in [1.54, 1.807) is 24.4 Å². The molecule has 0 aliphatic heterocycles. The molecule has 1 unspecified atom stereocenters. The minimum Gasteiger partial charge on any atom is -0.289 e. The SMILES string of the molecule is CC(C)(C(=O)NO)N(c1ccc(-c2ccccn2)s1)S(=O)O. The minimum atomic E-state index is -2.44. The van der Waals surface area contributed by atoms with Crippen LogP contribution in [-0.4, -0.2) is 30.4 Å². The Bertz CT molecular complexity index is 688. The quantitative estimate of drug-likeness (QED) is 0.439. The monoisotopic (exact) mass is 341 g/mol. The normalized spacial score (nSPS) is 12.7. The van der Waals surface area contributed by atoms with Gasteiger partial charge in [-0.2, -0.15) is 0 Å². The van der Waals surface area contributed by atoms with Crippen LogP contribution in [0.4, 0.5) is 5.00 Å². The van der Waals surface area contributed by atoms with Crippen molar-refractivity contribution in [3.63, 3.8) is 0 Å². The van der Waals surface area contributed by atoms with Crippen LogP contribution in [0.5, 0.6) is 0 Å². The molecule has 0 fully saturated rings. The molecule has 9 heteroatoms. The summed E-state index contributed by atoms with van der Waals surface area (Å²) in [6.07, 6.45) is 1.65. The molecule has 1 atom stereocenters. The number of hydroxylamine groups is 1. The third kappa shape index (κ3) is 3.17. The Hall–Kier alpha value is -1.81. The summed E-state index contributed by atoms with van der Waals surface area (Å²) < 4.78 is 22.3. The number of hydrogen-bond acceptors (Lipinski definition) is 5. The summed E-state index contributed by atoms with van der Waals surface area (Å²) in [5.74, 6) is -0.789. The summed E-state index contributed by atoms with van der Waals surface area (Å²) in [6.45, 7) is 2.87. The molecule has 3 N–H and O–H groups in total. The van der Waals surface area contributed by atoms with Crippen molar-refractivity contribution >= 4 is 33.5 Å². The van der Waals surface area contributed by atoms with Crippen molar-refractivity contribution in [2.75, 3.05) is 4.31 Å².